The summed E-state index contributed by atoms with van der Waals surface area (Å²) in [7, 11) is 0. The van der Waals surface area contributed by atoms with E-state index in [1.54, 1.807) is 6.08 Å². The molecular weight excluding hydrogens is 242 g/mol. The van der Waals surface area contributed by atoms with Crippen LogP contribution in [0.2, 0.25) is 0 Å². The summed E-state index contributed by atoms with van der Waals surface area (Å²) in [6.45, 7) is 1.05. The molecule has 1 heterocycles. The molecule has 2 rings (SSSR count). The minimum Gasteiger partial charge on any atom is -0.400 e. The Hall–Kier alpha value is -0.870. The molecule has 1 atom stereocenters. The molecule has 4 nitrogen and oxygen atoms in total. The van der Waals surface area contributed by atoms with E-state index in [1.807, 2.05) is 0 Å². The monoisotopic (exact) mass is 267 g/mol. The zero-order valence-electron chi connectivity index (χ0n) is 11.6. The molecule has 0 bridgehead atoms. The number of hydrogen-bond donors (Lipinski definition) is 1. The van der Waals surface area contributed by atoms with Crippen molar-refractivity contribution in [2.24, 2.45) is 11.7 Å². The maximum atomic E-state index is 12.0. The molecule has 0 radical (unpaired) electrons. The third-order valence-corrected chi connectivity index (χ3v) is 3.91. The lowest BCUT2D eigenvalue weighted by atomic mass is 9.86. The topological polar surface area (TPSA) is 61.6 Å². The van der Waals surface area contributed by atoms with Gasteiger partial charge >= 0.3 is 0 Å². The summed E-state index contributed by atoms with van der Waals surface area (Å²) >= 11 is 0. The van der Waals surface area contributed by atoms with Crippen LogP contribution in [0.25, 0.3) is 0 Å². The van der Waals surface area contributed by atoms with Crippen molar-refractivity contribution in [1.82, 2.24) is 0 Å². The Morgan fingerprint density at radius 1 is 1.16 bits per heavy atom. The molecule has 0 spiro atoms. The number of carbonyl (C=O) groups excluding carboxylic acids is 1. The molecule has 2 fully saturated rings. The third-order valence-electron chi connectivity index (χ3n) is 3.91. The van der Waals surface area contributed by atoms with E-state index >= 15 is 0 Å². The molecule has 1 saturated heterocycles. The second kappa shape index (κ2) is 7.65. The van der Waals surface area contributed by atoms with Gasteiger partial charge in [-0.2, -0.15) is 0 Å². The van der Waals surface area contributed by atoms with Crippen molar-refractivity contribution in [2.75, 3.05) is 13.2 Å². The lowest BCUT2D eigenvalue weighted by Gasteiger charge is -2.23. The van der Waals surface area contributed by atoms with Gasteiger partial charge in [0.15, 0.2) is 12.1 Å². The lowest BCUT2D eigenvalue weighted by Crippen LogP contribution is -2.25. The fourth-order valence-corrected chi connectivity index (χ4v) is 2.76. The Labute approximate surface area is 115 Å². The molecule has 1 unspecified atom stereocenters. The Morgan fingerprint density at radius 3 is 2.58 bits per heavy atom. The SMILES string of the molecule is N/C(=C\C(=O)C1CCCCC1)COC1CCCCO1. The summed E-state index contributed by atoms with van der Waals surface area (Å²) in [6.07, 6.45) is 10.2. The summed E-state index contributed by atoms with van der Waals surface area (Å²) in [5, 5.41) is 0. The largest absolute Gasteiger partial charge is 0.400 e. The van der Waals surface area contributed by atoms with Gasteiger partial charge in [0.2, 0.25) is 0 Å². The first-order chi connectivity index (χ1) is 9.25. The van der Waals surface area contributed by atoms with E-state index in [-0.39, 0.29) is 18.0 Å². The molecule has 0 aromatic carbocycles. The van der Waals surface area contributed by atoms with Crippen molar-refractivity contribution >= 4 is 5.78 Å². The van der Waals surface area contributed by atoms with Crippen LogP contribution in [0, 0.1) is 5.92 Å². The number of carbonyl (C=O) groups is 1. The Balaban J connectivity index is 1.72. The van der Waals surface area contributed by atoms with E-state index in [0.29, 0.717) is 12.3 Å². The smallest absolute Gasteiger partial charge is 0.160 e. The highest BCUT2D eigenvalue weighted by molar-refractivity contribution is 5.92. The standard InChI is InChI=1S/C15H25NO3/c16-13(11-19-15-8-4-5-9-18-15)10-14(17)12-6-2-1-3-7-12/h10,12,15H,1-9,11,16H2/b13-10-. The van der Waals surface area contributed by atoms with Crippen LogP contribution in [0.3, 0.4) is 0 Å². The highest BCUT2D eigenvalue weighted by Gasteiger charge is 2.20. The van der Waals surface area contributed by atoms with Crippen LogP contribution < -0.4 is 5.73 Å². The summed E-state index contributed by atoms with van der Waals surface area (Å²) in [6, 6.07) is 0. The average molecular weight is 267 g/mol. The Kier molecular flexibility index (Phi) is 5.86. The van der Waals surface area contributed by atoms with Crippen LogP contribution in [-0.4, -0.2) is 25.3 Å². The maximum absolute atomic E-state index is 12.0. The first-order valence-electron chi connectivity index (χ1n) is 7.49. The second-order valence-corrected chi connectivity index (χ2v) is 5.56. The third kappa shape index (κ3) is 4.96. The zero-order chi connectivity index (χ0) is 13.5. The second-order valence-electron chi connectivity index (χ2n) is 5.56. The van der Waals surface area contributed by atoms with Crippen LogP contribution >= 0.6 is 0 Å². The van der Waals surface area contributed by atoms with Crippen LogP contribution in [0.15, 0.2) is 11.8 Å². The van der Waals surface area contributed by atoms with Gasteiger partial charge in [-0.15, -0.1) is 0 Å². The number of hydrogen-bond acceptors (Lipinski definition) is 4. The van der Waals surface area contributed by atoms with Gasteiger partial charge in [-0.1, -0.05) is 19.3 Å². The van der Waals surface area contributed by atoms with Crippen molar-refractivity contribution in [3.8, 4) is 0 Å². The Bertz CT molecular complexity index is 315. The van der Waals surface area contributed by atoms with Crippen LogP contribution in [0.1, 0.15) is 51.4 Å². The molecule has 1 aliphatic heterocycles. The average Bonchev–Trinajstić information content (AvgIpc) is 2.47. The van der Waals surface area contributed by atoms with E-state index in [0.717, 1.165) is 51.6 Å². The van der Waals surface area contributed by atoms with E-state index in [9.17, 15) is 4.79 Å². The van der Waals surface area contributed by atoms with Gasteiger partial charge < -0.3 is 15.2 Å². The van der Waals surface area contributed by atoms with Crippen molar-refractivity contribution in [1.29, 1.82) is 0 Å². The number of nitrogens with two attached hydrogens (primary N) is 1. The highest BCUT2D eigenvalue weighted by atomic mass is 16.7. The summed E-state index contributed by atoms with van der Waals surface area (Å²) in [5.74, 6) is 0.351. The zero-order valence-corrected chi connectivity index (χ0v) is 11.6. The van der Waals surface area contributed by atoms with Gasteiger partial charge in [0.05, 0.1) is 6.61 Å². The summed E-state index contributed by atoms with van der Waals surface area (Å²) in [4.78, 5) is 12.0. The molecule has 2 aliphatic rings. The maximum Gasteiger partial charge on any atom is 0.160 e. The van der Waals surface area contributed by atoms with Crippen molar-refractivity contribution in [3.63, 3.8) is 0 Å². The van der Waals surface area contributed by atoms with Gasteiger partial charge in [0.25, 0.3) is 0 Å². The predicted octanol–water partition coefficient (Wildman–Crippen LogP) is 2.52. The summed E-state index contributed by atoms with van der Waals surface area (Å²) in [5.41, 5.74) is 6.38. The molecule has 2 N–H and O–H groups in total. The van der Waals surface area contributed by atoms with E-state index in [4.69, 9.17) is 15.2 Å². The van der Waals surface area contributed by atoms with E-state index in [2.05, 4.69) is 0 Å². The van der Waals surface area contributed by atoms with Crippen molar-refractivity contribution in [2.45, 2.75) is 57.7 Å². The molecule has 4 heteroatoms. The Morgan fingerprint density at radius 2 is 1.89 bits per heavy atom. The van der Waals surface area contributed by atoms with Crippen LogP contribution in [-0.2, 0) is 14.3 Å². The molecule has 0 aromatic heterocycles. The van der Waals surface area contributed by atoms with E-state index < -0.39 is 0 Å². The van der Waals surface area contributed by atoms with Gasteiger partial charge in [0, 0.05) is 24.3 Å². The first kappa shape index (κ1) is 14.5. The van der Waals surface area contributed by atoms with Gasteiger partial charge in [-0.05, 0) is 32.1 Å². The molecule has 0 aromatic rings. The predicted molar refractivity (Wildman–Crippen MR) is 73.4 cm³/mol. The molecule has 108 valence electrons. The van der Waals surface area contributed by atoms with Crippen LogP contribution in [0.5, 0.6) is 0 Å². The molecular formula is C15H25NO3. The van der Waals surface area contributed by atoms with Crippen molar-refractivity contribution < 1.29 is 14.3 Å². The van der Waals surface area contributed by atoms with Gasteiger partial charge in [0.1, 0.15) is 0 Å². The molecule has 1 saturated carbocycles. The highest BCUT2D eigenvalue weighted by Crippen LogP contribution is 2.24. The number of ether oxygens (including phenoxy) is 2. The van der Waals surface area contributed by atoms with Crippen molar-refractivity contribution in [3.05, 3.63) is 11.8 Å². The van der Waals surface area contributed by atoms with Gasteiger partial charge in [-0.25, -0.2) is 0 Å². The van der Waals surface area contributed by atoms with Gasteiger partial charge in [-0.3, -0.25) is 4.79 Å². The minimum atomic E-state index is -0.148. The number of allylic oxidation sites excluding steroid dienone is 1. The normalized spacial score (nSPS) is 26.3. The first-order valence-corrected chi connectivity index (χ1v) is 7.49. The van der Waals surface area contributed by atoms with Crippen LogP contribution in [0.4, 0.5) is 0 Å². The van der Waals surface area contributed by atoms with E-state index in [1.165, 1.54) is 6.42 Å². The molecule has 0 amide bonds. The fraction of sp³-hybridized carbons (Fsp3) is 0.800. The fourth-order valence-electron chi connectivity index (χ4n) is 2.76. The quantitative estimate of drug-likeness (QED) is 0.777. The number of ketones is 1. The summed E-state index contributed by atoms with van der Waals surface area (Å²) < 4.78 is 11.0. The lowest BCUT2D eigenvalue weighted by molar-refractivity contribution is -0.157. The molecule has 1 aliphatic carbocycles. The number of rotatable bonds is 5. The molecule has 19 heavy (non-hydrogen) atoms. The minimum absolute atomic E-state index is 0.148.